The molecule has 1 N–H and O–H groups in total. The van der Waals surface area contributed by atoms with E-state index in [1.807, 2.05) is 56.7 Å². The van der Waals surface area contributed by atoms with Gasteiger partial charge in [-0.1, -0.05) is 37.6 Å². The van der Waals surface area contributed by atoms with E-state index in [4.69, 9.17) is 18.9 Å². The maximum Gasteiger partial charge on any atom is 0.257 e. The molecular formula is C39H52N4O7. The summed E-state index contributed by atoms with van der Waals surface area (Å²) in [6.07, 6.45) is 6.82. The molecule has 2 fully saturated rings. The fourth-order valence-corrected chi connectivity index (χ4v) is 7.10. The number of nitrogens with zero attached hydrogens (tertiary/aromatic N) is 4. The number of unbranched alkanes of at least 4 members (excludes halogenated alkanes) is 2. The molecule has 0 bridgehead atoms. The predicted octanol–water partition coefficient (Wildman–Crippen LogP) is 6.55. The van der Waals surface area contributed by atoms with Crippen molar-refractivity contribution in [3.63, 3.8) is 0 Å². The second-order valence-electron chi connectivity index (χ2n) is 13.1. The zero-order valence-electron chi connectivity index (χ0n) is 30.5. The quantitative estimate of drug-likeness (QED) is 0.209. The lowest BCUT2D eigenvalue weighted by Crippen LogP contribution is -2.50. The molecule has 0 spiro atoms. The molecule has 6 rings (SSSR count). The molecule has 0 aromatic heterocycles. The molecule has 1 unspecified atom stereocenters. The van der Waals surface area contributed by atoms with Crippen LogP contribution in [0.1, 0.15) is 87.4 Å². The number of allylic oxidation sites excluding steroid dienone is 1. The van der Waals surface area contributed by atoms with Gasteiger partial charge in [-0.3, -0.25) is 14.6 Å². The van der Waals surface area contributed by atoms with Gasteiger partial charge in [0, 0.05) is 37.5 Å². The van der Waals surface area contributed by atoms with Crippen LogP contribution in [-0.4, -0.2) is 97.8 Å². The van der Waals surface area contributed by atoms with Crippen molar-refractivity contribution in [2.24, 2.45) is 4.99 Å². The highest BCUT2D eigenvalue weighted by molar-refractivity contribution is 6.04. The SMILES string of the molecule is C=C1C[C@H]2C(O)N(C(C)C)c3cc(OCCCCCOc4cc5c(cc4OC)C(=O)N4CC(=CC)C[C@H]4C=N5)c(OC)cc3C(=O)N2C1.CC. The monoisotopic (exact) mass is 688 g/mol. The molecule has 2 saturated heterocycles. The average molecular weight is 689 g/mol. The minimum Gasteiger partial charge on any atom is -0.493 e. The third-order valence-electron chi connectivity index (χ3n) is 9.65. The highest BCUT2D eigenvalue weighted by Gasteiger charge is 2.44. The average Bonchev–Trinajstić information content (AvgIpc) is 3.68. The number of aliphatic imine (C=N–C) groups is 1. The van der Waals surface area contributed by atoms with E-state index in [9.17, 15) is 14.7 Å². The van der Waals surface area contributed by atoms with Gasteiger partial charge in [0.2, 0.25) is 0 Å². The molecule has 0 saturated carbocycles. The summed E-state index contributed by atoms with van der Waals surface area (Å²) in [6.45, 7) is 16.0. The Morgan fingerprint density at radius 2 is 1.50 bits per heavy atom. The number of carbonyl (C=O) groups is 2. The molecule has 11 heteroatoms. The molecule has 4 aliphatic rings. The van der Waals surface area contributed by atoms with Crippen LogP contribution in [0, 0.1) is 0 Å². The van der Waals surface area contributed by atoms with E-state index < -0.39 is 6.23 Å². The molecule has 270 valence electrons. The molecule has 3 atom stereocenters. The minimum absolute atomic E-state index is 0.0405. The Morgan fingerprint density at radius 3 is 2.12 bits per heavy atom. The standard InChI is InChI=1S/C37H46N4O7.C2H6/c1-7-24-14-25-19-38-28-17-33(31(45-5)15-26(28)35(42)39(25)21-24)47-11-9-8-10-12-48-34-18-29-27(16-32(34)46-6)36(43)40-20-23(4)13-30(40)37(44)41(29)22(2)3;1-2/h7,15-19,22,25,30,37,44H,4,8-14,20-21H2,1-3,5-6H3;1-2H3/t25-,30-,37?;/m0./s1. The first kappa shape index (κ1) is 36.8. The lowest BCUT2D eigenvalue weighted by atomic mass is 10.1. The van der Waals surface area contributed by atoms with Crippen LogP contribution in [0.25, 0.3) is 0 Å². The number of amides is 2. The largest absolute Gasteiger partial charge is 0.493 e. The summed E-state index contributed by atoms with van der Waals surface area (Å²) < 4.78 is 23.5. The van der Waals surface area contributed by atoms with E-state index in [0.717, 1.165) is 31.3 Å². The number of aliphatic hydroxyl groups is 1. The van der Waals surface area contributed by atoms with Crippen LogP contribution >= 0.6 is 0 Å². The summed E-state index contributed by atoms with van der Waals surface area (Å²) in [6, 6.07) is 6.60. The summed E-state index contributed by atoms with van der Waals surface area (Å²) in [7, 11) is 3.13. The number of rotatable bonds is 11. The van der Waals surface area contributed by atoms with E-state index >= 15 is 0 Å². The summed E-state index contributed by atoms with van der Waals surface area (Å²) in [4.78, 5) is 37.1. The number of carbonyl (C=O) groups excluding carboxylic acids is 2. The number of aliphatic hydroxyl groups excluding tert-OH is 1. The van der Waals surface area contributed by atoms with Gasteiger partial charge >= 0.3 is 0 Å². The van der Waals surface area contributed by atoms with E-state index in [1.165, 1.54) is 5.57 Å². The first-order chi connectivity index (χ1) is 24.1. The molecule has 11 nitrogen and oxygen atoms in total. The lowest BCUT2D eigenvalue weighted by Gasteiger charge is -2.36. The van der Waals surface area contributed by atoms with Crippen LogP contribution < -0.4 is 23.8 Å². The van der Waals surface area contributed by atoms with Crippen molar-refractivity contribution in [3.05, 3.63) is 59.2 Å². The molecule has 4 aliphatic heterocycles. The molecule has 4 heterocycles. The van der Waals surface area contributed by atoms with Crippen LogP contribution in [0.4, 0.5) is 11.4 Å². The number of anilines is 1. The van der Waals surface area contributed by atoms with Gasteiger partial charge in [-0.2, -0.15) is 0 Å². The summed E-state index contributed by atoms with van der Waals surface area (Å²) in [5, 5.41) is 11.4. The molecule has 0 radical (unpaired) electrons. The van der Waals surface area contributed by atoms with Gasteiger partial charge in [-0.15, -0.1) is 0 Å². The third-order valence-corrected chi connectivity index (χ3v) is 9.65. The van der Waals surface area contributed by atoms with E-state index in [1.54, 1.807) is 37.3 Å². The Labute approximate surface area is 296 Å². The van der Waals surface area contributed by atoms with Crippen LogP contribution in [0.5, 0.6) is 23.0 Å². The summed E-state index contributed by atoms with van der Waals surface area (Å²) in [5.74, 6) is 1.86. The summed E-state index contributed by atoms with van der Waals surface area (Å²) in [5.41, 5.74) is 4.39. The van der Waals surface area contributed by atoms with Gasteiger partial charge < -0.3 is 38.8 Å². The van der Waals surface area contributed by atoms with Gasteiger partial charge in [0.05, 0.1) is 62.0 Å². The Hall–Kier alpha value is -4.51. The maximum absolute atomic E-state index is 13.6. The van der Waals surface area contributed by atoms with Crippen LogP contribution in [0.3, 0.4) is 0 Å². The van der Waals surface area contributed by atoms with Gasteiger partial charge in [-0.05, 0) is 65.0 Å². The van der Waals surface area contributed by atoms with Gasteiger partial charge in [0.25, 0.3) is 11.8 Å². The minimum atomic E-state index is -0.870. The number of ether oxygens (including phenoxy) is 4. The first-order valence-electron chi connectivity index (χ1n) is 17.8. The van der Waals surface area contributed by atoms with E-state index in [0.29, 0.717) is 78.2 Å². The van der Waals surface area contributed by atoms with Crippen LogP contribution in [0.2, 0.25) is 0 Å². The van der Waals surface area contributed by atoms with Gasteiger partial charge in [0.15, 0.2) is 23.0 Å². The molecule has 50 heavy (non-hydrogen) atoms. The van der Waals surface area contributed by atoms with Crippen molar-refractivity contribution in [1.82, 2.24) is 9.80 Å². The maximum atomic E-state index is 13.6. The van der Waals surface area contributed by atoms with Crippen molar-refractivity contribution in [1.29, 1.82) is 0 Å². The number of hydrogen-bond donors (Lipinski definition) is 1. The van der Waals surface area contributed by atoms with Crippen molar-refractivity contribution in [3.8, 4) is 23.0 Å². The highest BCUT2D eigenvalue weighted by atomic mass is 16.5. The Kier molecular flexibility index (Phi) is 11.8. The lowest BCUT2D eigenvalue weighted by molar-refractivity contribution is 0.0497. The van der Waals surface area contributed by atoms with Crippen molar-refractivity contribution in [2.45, 2.75) is 91.1 Å². The number of benzene rings is 2. The molecule has 2 aromatic carbocycles. The van der Waals surface area contributed by atoms with Crippen LogP contribution in [0.15, 0.2) is 53.1 Å². The van der Waals surface area contributed by atoms with Crippen molar-refractivity contribution >= 4 is 29.4 Å². The molecular weight excluding hydrogens is 636 g/mol. The molecule has 0 aliphatic carbocycles. The first-order valence-corrected chi connectivity index (χ1v) is 17.8. The Balaban J connectivity index is 0.00000239. The van der Waals surface area contributed by atoms with Crippen LogP contribution in [-0.2, 0) is 0 Å². The highest BCUT2D eigenvalue weighted by Crippen LogP contribution is 2.43. The molecule has 2 aromatic rings. The normalized spacial score (nSPS) is 21.6. The van der Waals surface area contributed by atoms with E-state index in [-0.39, 0.29) is 29.9 Å². The van der Waals surface area contributed by atoms with Crippen molar-refractivity contribution < 1.29 is 33.6 Å². The van der Waals surface area contributed by atoms with Crippen molar-refractivity contribution in [2.75, 3.05) is 45.4 Å². The second kappa shape index (κ2) is 16.0. The summed E-state index contributed by atoms with van der Waals surface area (Å²) >= 11 is 0. The zero-order chi connectivity index (χ0) is 36.1. The predicted molar refractivity (Wildman–Crippen MR) is 196 cm³/mol. The number of fused-ring (bicyclic) bond motifs is 4. The fraction of sp³-hybridized carbons (Fsp3) is 0.513. The fourth-order valence-electron chi connectivity index (χ4n) is 7.10. The van der Waals surface area contributed by atoms with Gasteiger partial charge in [-0.25, -0.2) is 0 Å². The smallest absolute Gasteiger partial charge is 0.257 e. The topological polar surface area (TPSA) is 113 Å². The number of hydrogen-bond acceptors (Lipinski definition) is 9. The number of methoxy groups -OCH3 is 2. The van der Waals surface area contributed by atoms with E-state index in [2.05, 4.69) is 17.6 Å². The second-order valence-corrected chi connectivity index (χ2v) is 13.1. The van der Waals surface area contributed by atoms with Gasteiger partial charge in [0.1, 0.15) is 6.23 Å². The zero-order valence-corrected chi connectivity index (χ0v) is 30.5. The Bertz CT molecular complexity index is 1650. The molecule has 2 amide bonds. The third kappa shape index (κ3) is 7.19. The Morgan fingerprint density at radius 1 is 0.880 bits per heavy atom.